The smallest absolute Gasteiger partial charge is 0.252 e. The molecule has 122 valence electrons. The Hall–Kier alpha value is -1.40. The van der Waals surface area contributed by atoms with Crippen LogP contribution in [0.5, 0.6) is 0 Å². The molecule has 1 unspecified atom stereocenters. The van der Waals surface area contributed by atoms with Gasteiger partial charge in [-0.15, -0.1) is 11.3 Å². The average Bonchev–Trinajstić information content (AvgIpc) is 3.10. The molecule has 1 N–H and O–H groups in total. The molecule has 1 aromatic heterocycles. The molecule has 0 saturated carbocycles. The van der Waals surface area contributed by atoms with Crippen LogP contribution < -0.4 is 5.32 Å². The van der Waals surface area contributed by atoms with Gasteiger partial charge in [-0.25, -0.2) is 0 Å². The number of rotatable bonds is 5. The van der Waals surface area contributed by atoms with Crippen LogP contribution in [-0.2, 0) is 4.74 Å². The number of nitrogens with one attached hydrogen (secondary N) is 1. The molecular formula is C17H19ClN2O2S. The Balaban J connectivity index is 1.69. The van der Waals surface area contributed by atoms with E-state index < -0.39 is 0 Å². The van der Waals surface area contributed by atoms with Gasteiger partial charge in [0.1, 0.15) is 0 Å². The first kappa shape index (κ1) is 16.5. The van der Waals surface area contributed by atoms with Crippen LogP contribution in [0.25, 0.3) is 0 Å². The predicted octanol–water partition coefficient (Wildman–Crippen LogP) is 3.20. The molecule has 1 amide bonds. The second-order valence-corrected chi connectivity index (χ2v) is 6.76. The number of benzene rings is 1. The third-order valence-electron chi connectivity index (χ3n) is 3.93. The standard InChI is InChI=1S/C17H19ClN2O2S/c18-14-5-2-1-4-13(14)17(21)19-12-15(16-6-3-11-23-16)20-7-9-22-10-8-20/h1-6,11,15H,7-10,12H2,(H,19,21). The van der Waals surface area contributed by atoms with Gasteiger partial charge < -0.3 is 10.1 Å². The highest BCUT2D eigenvalue weighted by Gasteiger charge is 2.24. The zero-order valence-corrected chi connectivity index (χ0v) is 14.3. The number of halogens is 1. The number of carbonyl (C=O) groups excluding carboxylic acids is 1. The molecule has 1 aliphatic rings. The third kappa shape index (κ3) is 4.12. The van der Waals surface area contributed by atoms with Crippen LogP contribution in [0.4, 0.5) is 0 Å². The van der Waals surface area contributed by atoms with Gasteiger partial charge in [0.25, 0.3) is 5.91 Å². The summed E-state index contributed by atoms with van der Waals surface area (Å²) in [6.07, 6.45) is 0. The van der Waals surface area contributed by atoms with E-state index in [9.17, 15) is 4.79 Å². The summed E-state index contributed by atoms with van der Waals surface area (Å²) < 4.78 is 5.43. The van der Waals surface area contributed by atoms with Crippen LogP contribution in [-0.4, -0.2) is 43.7 Å². The van der Waals surface area contributed by atoms with Crippen molar-refractivity contribution < 1.29 is 9.53 Å². The zero-order chi connectivity index (χ0) is 16.1. The maximum atomic E-state index is 12.4. The Bertz CT molecular complexity index is 642. The second kappa shape index (κ2) is 7.93. The molecule has 1 saturated heterocycles. The van der Waals surface area contributed by atoms with E-state index in [1.807, 2.05) is 18.2 Å². The molecule has 23 heavy (non-hydrogen) atoms. The highest BCUT2D eigenvalue weighted by Crippen LogP contribution is 2.25. The third-order valence-corrected chi connectivity index (χ3v) is 5.24. The molecular weight excluding hydrogens is 332 g/mol. The minimum Gasteiger partial charge on any atom is -0.379 e. The van der Waals surface area contributed by atoms with Crippen molar-refractivity contribution in [2.45, 2.75) is 6.04 Å². The van der Waals surface area contributed by atoms with E-state index in [1.165, 1.54) is 4.88 Å². The Morgan fingerprint density at radius 3 is 2.74 bits per heavy atom. The van der Waals surface area contributed by atoms with Gasteiger partial charge in [-0.05, 0) is 23.6 Å². The van der Waals surface area contributed by atoms with Crippen molar-refractivity contribution in [1.29, 1.82) is 0 Å². The van der Waals surface area contributed by atoms with Crippen LogP contribution in [0.1, 0.15) is 21.3 Å². The molecule has 0 aliphatic carbocycles. The number of amides is 1. The highest BCUT2D eigenvalue weighted by molar-refractivity contribution is 7.10. The Morgan fingerprint density at radius 2 is 2.04 bits per heavy atom. The van der Waals surface area contributed by atoms with Gasteiger partial charge in [-0.2, -0.15) is 0 Å². The number of carbonyl (C=O) groups is 1. The van der Waals surface area contributed by atoms with E-state index >= 15 is 0 Å². The summed E-state index contributed by atoms with van der Waals surface area (Å²) in [6.45, 7) is 3.79. The lowest BCUT2D eigenvalue weighted by atomic mass is 10.1. The first-order valence-corrected chi connectivity index (χ1v) is 8.89. The van der Waals surface area contributed by atoms with Gasteiger partial charge in [0, 0.05) is 24.5 Å². The lowest BCUT2D eigenvalue weighted by molar-refractivity contribution is 0.0169. The van der Waals surface area contributed by atoms with Crippen molar-refractivity contribution in [2.75, 3.05) is 32.8 Å². The van der Waals surface area contributed by atoms with Crippen LogP contribution in [0, 0.1) is 0 Å². The van der Waals surface area contributed by atoms with Gasteiger partial charge in [0.05, 0.1) is 29.8 Å². The van der Waals surface area contributed by atoms with Crippen LogP contribution in [0.3, 0.4) is 0 Å². The molecule has 0 spiro atoms. The number of nitrogens with zero attached hydrogens (tertiary/aromatic N) is 1. The Morgan fingerprint density at radius 1 is 1.26 bits per heavy atom. The largest absolute Gasteiger partial charge is 0.379 e. The predicted molar refractivity (Wildman–Crippen MR) is 93.2 cm³/mol. The lowest BCUT2D eigenvalue weighted by Gasteiger charge is -2.34. The van der Waals surface area contributed by atoms with E-state index in [0.717, 1.165) is 26.3 Å². The molecule has 1 aliphatic heterocycles. The van der Waals surface area contributed by atoms with Crippen LogP contribution >= 0.6 is 22.9 Å². The van der Waals surface area contributed by atoms with Crippen molar-refractivity contribution in [2.24, 2.45) is 0 Å². The Labute approximate surface area is 145 Å². The summed E-state index contributed by atoms with van der Waals surface area (Å²) in [5.41, 5.74) is 0.515. The van der Waals surface area contributed by atoms with E-state index in [1.54, 1.807) is 23.5 Å². The minimum absolute atomic E-state index is 0.134. The minimum atomic E-state index is -0.134. The molecule has 1 aromatic carbocycles. The second-order valence-electron chi connectivity index (χ2n) is 5.37. The summed E-state index contributed by atoms with van der Waals surface area (Å²) >= 11 is 7.81. The van der Waals surface area contributed by atoms with E-state index in [0.29, 0.717) is 17.1 Å². The Kier molecular flexibility index (Phi) is 5.67. The van der Waals surface area contributed by atoms with Gasteiger partial charge in [-0.3, -0.25) is 9.69 Å². The number of thiophene rings is 1. The average molecular weight is 351 g/mol. The number of hydrogen-bond donors (Lipinski definition) is 1. The quantitative estimate of drug-likeness (QED) is 0.900. The van der Waals surface area contributed by atoms with Gasteiger partial charge in [0.2, 0.25) is 0 Å². The fourth-order valence-electron chi connectivity index (χ4n) is 2.71. The topological polar surface area (TPSA) is 41.6 Å². The molecule has 0 radical (unpaired) electrons. The van der Waals surface area contributed by atoms with Crippen molar-refractivity contribution in [1.82, 2.24) is 10.2 Å². The summed E-state index contributed by atoms with van der Waals surface area (Å²) in [6, 6.07) is 11.4. The lowest BCUT2D eigenvalue weighted by Crippen LogP contribution is -2.43. The molecule has 3 rings (SSSR count). The monoisotopic (exact) mass is 350 g/mol. The summed E-state index contributed by atoms with van der Waals surface area (Å²) in [5.74, 6) is -0.134. The van der Waals surface area contributed by atoms with Gasteiger partial charge in [0.15, 0.2) is 0 Å². The molecule has 1 fully saturated rings. The molecule has 2 heterocycles. The fraction of sp³-hybridized carbons (Fsp3) is 0.353. The molecule has 6 heteroatoms. The fourth-order valence-corrected chi connectivity index (χ4v) is 3.79. The van der Waals surface area contributed by atoms with E-state index in [4.69, 9.17) is 16.3 Å². The van der Waals surface area contributed by atoms with Crippen LogP contribution in [0.2, 0.25) is 5.02 Å². The van der Waals surface area contributed by atoms with Crippen molar-refractivity contribution >= 4 is 28.8 Å². The van der Waals surface area contributed by atoms with Crippen LogP contribution in [0.15, 0.2) is 41.8 Å². The number of hydrogen-bond acceptors (Lipinski definition) is 4. The molecule has 4 nitrogen and oxygen atoms in total. The van der Waals surface area contributed by atoms with Gasteiger partial charge in [-0.1, -0.05) is 29.8 Å². The molecule has 1 atom stereocenters. The SMILES string of the molecule is O=C(NCC(c1cccs1)N1CCOCC1)c1ccccc1Cl. The maximum Gasteiger partial charge on any atom is 0.252 e. The summed E-state index contributed by atoms with van der Waals surface area (Å²) in [4.78, 5) is 16.0. The number of ether oxygens (including phenoxy) is 1. The molecule has 0 bridgehead atoms. The molecule has 2 aromatic rings. The normalized spacial score (nSPS) is 16.9. The zero-order valence-electron chi connectivity index (χ0n) is 12.7. The first-order chi connectivity index (χ1) is 11.3. The summed E-state index contributed by atoms with van der Waals surface area (Å²) in [7, 11) is 0. The maximum absolute atomic E-state index is 12.4. The number of morpholine rings is 1. The van der Waals surface area contributed by atoms with Crippen molar-refractivity contribution in [3.63, 3.8) is 0 Å². The van der Waals surface area contributed by atoms with Crippen molar-refractivity contribution in [3.8, 4) is 0 Å². The van der Waals surface area contributed by atoms with Crippen molar-refractivity contribution in [3.05, 3.63) is 57.2 Å². The van der Waals surface area contributed by atoms with E-state index in [-0.39, 0.29) is 11.9 Å². The highest BCUT2D eigenvalue weighted by atomic mass is 35.5. The summed E-state index contributed by atoms with van der Waals surface area (Å²) in [5, 5.41) is 5.57. The first-order valence-electron chi connectivity index (χ1n) is 7.63. The van der Waals surface area contributed by atoms with E-state index in [2.05, 4.69) is 21.7 Å². The van der Waals surface area contributed by atoms with Gasteiger partial charge >= 0.3 is 0 Å².